The molecule has 4 nitrogen and oxygen atoms in total. The van der Waals surface area contributed by atoms with E-state index in [1.54, 1.807) is 4.90 Å². The summed E-state index contributed by atoms with van der Waals surface area (Å²) in [6.07, 6.45) is 4.77. The first-order valence-corrected chi connectivity index (χ1v) is 8.14. The lowest BCUT2D eigenvalue weighted by molar-refractivity contribution is -0.889. The fraction of sp³-hybridized carbons (Fsp3) is 0.588. The van der Waals surface area contributed by atoms with Gasteiger partial charge in [0.2, 0.25) is 0 Å². The lowest BCUT2D eigenvalue weighted by Crippen LogP contribution is -3.11. The zero-order valence-electron chi connectivity index (χ0n) is 12.6. The van der Waals surface area contributed by atoms with Crippen LogP contribution in [0.1, 0.15) is 31.2 Å². The maximum Gasteiger partial charge on any atom is 0.410 e. The fourth-order valence-electron chi connectivity index (χ4n) is 3.50. The molecule has 3 rings (SSSR count). The molecule has 2 fully saturated rings. The van der Waals surface area contributed by atoms with Crippen LogP contribution in [0, 0.1) is 0 Å². The normalized spacial score (nSPS) is 22.7. The van der Waals surface area contributed by atoms with E-state index < -0.39 is 0 Å². The van der Waals surface area contributed by atoms with Gasteiger partial charge in [-0.3, -0.25) is 4.90 Å². The van der Waals surface area contributed by atoms with Crippen molar-refractivity contribution in [2.24, 2.45) is 0 Å². The maximum absolute atomic E-state index is 12.3. The molecule has 1 N–H and O–H groups in total. The number of hydrogen-bond donors (Lipinski definition) is 1. The van der Waals surface area contributed by atoms with Crippen LogP contribution in [-0.4, -0.2) is 43.2 Å². The predicted octanol–water partition coefficient (Wildman–Crippen LogP) is 1.47. The molecule has 1 aromatic rings. The average molecular weight is 289 g/mol. The summed E-state index contributed by atoms with van der Waals surface area (Å²) < 4.78 is 5.48. The highest BCUT2D eigenvalue weighted by molar-refractivity contribution is 5.68. The number of nitrogens with zero attached hydrogens (tertiary/aromatic N) is 1. The highest BCUT2D eigenvalue weighted by Gasteiger charge is 2.33. The molecule has 0 aliphatic carbocycles. The van der Waals surface area contributed by atoms with Gasteiger partial charge < -0.3 is 9.64 Å². The van der Waals surface area contributed by atoms with Crippen LogP contribution in [0.4, 0.5) is 4.79 Å². The third kappa shape index (κ3) is 3.76. The van der Waals surface area contributed by atoms with Crippen LogP contribution in [0.5, 0.6) is 0 Å². The van der Waals surface area contributed by atoms with Gasteiger partial charge in [0, 0.05) is 19.4 Å². The van der Waals surface area contributed by atoms with Crippen molar-refractivity contribution in [3.63, 3.8) is 0 Å². The third-order valence-corrected chi connectivity index (χ3v) is 4.65. The van der Waals surface area contributed by atoms with Gasteiger partial charge in [-0.2, -0.15) is 0 Å². The summed E-state index contributed by atoms with van der Waals surface area (Å²) in [5.41, 5.74) is 1.05. The first-order chi connectivity index (χ1) is 10.3. The molecule has 0 spiro atoms. The highest BCUT2D eigenvalue weighted by Crippen LogP contribution is 2.18. The molecule has 0 radical (unpaired) electrons. The molecule has 1 atom stereocenters. The zero-order chi connectivity index (χ0) is 14.5. The number of carbonyl (C=O) groups excluding carboxylic acids is 1. The molecule has 21 heavy (non-hydrogen) atoms. The van der Waals surface area contributed by atoms with Crippen LogP contribution in [-0.2, 0) is 11.3 Å². The monoisotopic (exact) mass is 289 g/mol. The van der Waals surface area contributed by atoms with Gasteiger partial charge in [0.25, 0.3) is 0 Å². The molecule has 114 valence electrons. The van der Waals surface area contributed by atoms with Crippen molar-refractivity contribution in [2.75, 3.05) is 26.2 Å². The van der Waals surface area contributed by atoms with Gasteiger partial charge in [0.05, 0.1) is 25.7 Å². The number of benzene rings is 1. The Kier molecular flexibility index (Phi) is 4.76. The van der Waals surface area contributed by atoms with E-state index >= 15 is 0 Å². The second-order valence-electron chi connectivity index (χ2n) is 6.19. The van der Waals surface area contributed by atoms with E-state index in [2.05, 4.69) is 0 Å². The number of likely N-dealkylation sites (tertiary alicyclic amines) is 2. The van der Waals surface area contributed by atoms with E-state index in [0.29, 0.717) is 12.6 Å². The van der Waals surface area contributed by atoms with Gasteiger partial charge >= 0.3 is 6.09 Å². The molecule has 0 unspecified atom stereocenters. The van der Waals surface area contributed by atoms with Crippen molar-refractivity contribution in [1.82, 2.24) is 4.90 Å². The van der Waals surface area contributed by atoms with Crippen molar-refractivity contribution in [2.45, 2.75) is 38.3 Å². The van der Waals surface area contributed by atoms with Crippen molar-refractivity contribution in [3.05, 3.63) is 35.9 Å². The van der Waals surface area contributed by atoms with Gasteiger partial charge in [-0.15, -0.1) is 0 Å². The molecule has 2 aliphatic heterocycles. The molecule has 2 heterocycles. The predicted molar refractivity (Wildman–Crippen MR) is 81.2 cm³/mol. The van der Waals surface area contributed by atoms with Crippen LogP contribution in [0.25, 0.3) is 0 Å². The Labute approximate surface area is 126 Å². The zero-order valence-corrected chi connectivity index (χ0v) is 12.6. The Balaban J connectivity index is 1.50. The molecule has 2 aliphatic rings. The van der Waals surface area contributed by atoms with Gasteiger partial charge in [-0.25, -0.2) is 4.79 Å². The average Bonchev–Trinajstić information content (AvgIpc) is 3.18. The number of rotatable bonds is 4. The molecule has 0 bridgehead atoms. The van der Waals surface area contributed by atoms with E-state index in [1.807, 2.05) is 35.2 Å². The minimum absolute atomic E-state index is 0.139. The first kappa shape index (κ1) is 14.4. The molecule has 1 amide bonds. The Morgan fingerprint density at radius 3 is 2.71 bits per heavy atom. The lowest BCUT2D eigenvalue weighted by atomic mass is 10.2. The number of ether oxygens (including phenoxy) is 1. The van der Waals surface area contributed by atoms with Crippen LogP contribution in [0.15, 0.2) is 30.3 Å². The van der Waals surface area contributed by atoms with E-state index in [1.165, 1.54) is 25.9 Å². The maximum atomic E-state index is 12.3. The summed E-state index contributed by atoms with van der Waals surface area (Å²) in [5, 5.41) is 0. The third-order valence-electron chi connectivity index (χ3n) is 4.65. The van der Waals surface area contributed by atoms with Crippen LogP contribution in [0.3, 0.4) is 0 Å². The van der Waals surface area contributed by atoms with Gasteiger partial charge in [-0.1, -0.05) is 30.3 Å². The van der Waals surface area contributed by atoms with Crippen molar-refractivity contribution in [1.29, 1.82) is 0 Å². The second kappa shape index (κ2) is 6.94. The van der Waals surface area contributed by atoms with Gasteiger partial charge in [0.1, 0.15) is 6.61 Å². The summed E-state index contributed by atoms with van der Waals surface area (Å²) in [6.45, 7) is 4.86. The van der Waals surface area contributed by atoms with Gasteiger partial charge in [0.15, 0.2) is 0 Å². The van der Waals surface area contributed by atoms with Gasteiger partial charge in [-0.05, 0) is 18.4 Å². The molecule has 1 aromatic carbocycles. The molecule has 0 saturated carbocycles. The Hall–Kier alpha value is -1.55. The van der Waals surface area contributed by atoms with Crippen molar-refractivity contribution >= 4 is 6.09 Å². The van der Waals surface area contributed by atoms with E-state index in [-0.39, 0.29) is 6.09 Å². The number of hydrogen-bond acceptors (Lipinski definition) is 2. The Bertz CT molecular complexity index is 457. The Morgan fingerprint density at radius 1 is 1.19 bits per heavy atom. The number of quaternary nitrogens is 1. The highest BCUT2D eigenvalue weighted by atomic mass is 16.6. The topological polar surface area (TPSA) is 34.0 Å². The summed E-state index contributed by atoms with van der Waals surface area (Å²) in [4.78, 5) is 15.9. The van der Waals surface area contributed by atoms with Crippen LogP contribution >= 0.6 is 0 Å². The van der Waals surface area contributed by atoms with Crippen molar-refractivity contribution < 1.29 is 14.4 Å². The number of carbonyl (C=O) groups is 1. The van der Waals surface area contributed by atoms with Crippen molar-refractivity contribution in [3.8, 4) is 0 Å². The molecule has 2 saturated heterocycles. The second-order valence-corrected chi connectivity index (χ2v) is 6.19. The summed E-state index contributed by atoms with van der Waals surface area (Å²) in [6, 6.07) is 10.3. The summed E-state index contributed by atoms with van der Waals surface area (Å²) in [5.74, 6) is 0. The first-order valence-electron chi connectivity index (χ1n) is 8.14. The quantitative estimate of drug-likeness (QED) is 0.911. The molecule has 4 heteroatoms. The smallest absolute Gasteiger partial charge is 0.410 e. The fourth-order valence-corrected chi connectivity index (χ4v) is 3.50. The molecular weight excluding hydrogens is 264 g/mol. The Morgan fingerprint density at radius 2 is 1.95 bits per heavy atom. The summed E-state index contributed by atoms with van der Waals surface area (Å²) in [7, 11) is 0. The number of amides is 1. The SMILES string of the molecule is O=C(OCc1ccccc1)N1CCC[C@H]1C[NH+]1CCCC1. The minimum atomic E-state index is -0.139. The van der Waals surface area contributed by atoms with Crippen LogP contribution < -0.4 is 4.90 Å². The summed E-state index contributed by atoms with van der Waals surface area (Å²) >= 11 is 0. The lowest BCUT2D eigenvalue weighted by Gasteiger charge is -2.26. The number of nitrogens with one attached hydrogen (secondary N) is 1. The van der Waals surface area contributed by atoms with E-state index in [4.69, 9.17) is 4.74 Å². The standard InChI is InChI=1S/C17H24N2O2/c20-17(21-14-15-7-2-1-3-8-15)19-12-6-9-16(19)13-18-10-4-5-11-18/h1-3,7-8,16H,4-6,9-14H2/p+1/t16-/m0/s1. The molecule has 0 aromatic heterocycles. The van der Waals surface area contributed by atoms with Crippen LogP contribution in [0.2, 0.25) is 0 Å². The minimum Gasteiger partial charge on any atom is -0.445 e. The van der Waals surface area contributed by atoms with E-state index in [9.17, 15) is 4.79 Å². The molecular formula is C17H25N2O2+. The largest absolute Gasteiger partial charge is 0.445 e. The van der Waals surface area contributed by atoms with E-state index in [0.717, 1.165) is 31.5 Å².